The molecule has 20 heavy (non-hydrogen) atoms. The summed E-state index contributed by atoms with van der Waals surface area (Å²) in [6.45, 7) is 7.46. The molecule has 0 spiro atoms. The number of hydrogen-bond donors (Lipinski definition) is 0. The third-order valence-corrected chi connectivity index (χ3v) is 3.85. The van der Waals surface area contributed by atoms with Crippen LogP contribution in [0.5, 0.6) is 0 Å². The zero-order valence-electron chi connectivity index (χ0n) is 12.1. The molecule has 5 heteroatoms. The normalized spacial score (nSPS) is 20.8. The van der Waals surface area contributed by atoms with Crippen molar-refractivity contribution in [3.05, 3.63) is 41.1 Å². The van der Waals surface area contributed by atoms with Crippen LogP contribution in [-0.4, -0.2) is 18.3 Å². The average molecular weight is 273 g/mol. The van der Waals surface area contributed by atoms with Gasteiger partial charge in [-0.1, -0.05) is 18.2 Å². The molecule has 3 nitrogen and oxygen atoms in total. The first kappa shape index (κ1) is 14.8. The molecule has 0 bridgehead atoms. The van der Waals surface area contributed by atoms with Gasteiger partial charge < -0.3 is 9.31 Å². The highest BCUT2D eigenvalue weighted by Crippen LogP contribution is 2.39. The van der Waals surface area contributed by atoms with Crippen LogP contribution in [0.4, 0.5) is 4.39 Å². The second kappa shape index (κ2) is 5.04. The molecule has 0 saturated carbocycles. The van der Waals surface area contributed by atoms with Crippen molar-refractivity contribution in [1.29, 1.82) is 5.26 Å². The number of nitrogens with zero attached hydrogens (tertiary/aromatic N) is 1. The molecule has 0 amide bonds. The predicted molar refractivity (Wildman–Crippen MR) is 76.3 cm³/mol. The zero-order chi connectivity index (χ0) is 15.0. The van der Waals surface area contributed by atoms with Gasteiger partial charge in [-0.15, -0.1) is 0 Å². The van der Waals surface area contributed by atoms with E-state index in [-0.39, 0.29) is 0 Å². The maximum absolute atomic E-state index is 14.3. The van der Waals surface area contributed by atoms with Crippen molar-refractivity contribution in [2.75, 3.05) is 0 Å². The monoisotopic (exact) mass is 273 g/mol. The van der Waals surface area contributed by atoms with E-state index in [1.807, 2.05) is 33.8 Å². The van der Waals surface area contributed by atoms with Gasteiger partial charge in [0.15, 0.2) is 0 Å². The Balaban J connectivity index is 2.27. The number of rotatable bonds is 2. The fourth-order valence-corrected chi connectivity index (χ4v) is 1.90. The lowest BCUT2D eigenvalue weighted by Crippen LogP contribution is -2.41. The lowest BCUT2D eigenvalue weighted by Gasteiger charge is -2.32. The molecule has 0 N–H and O–H groups in total. The first-order valence-corrected chi connectivity index (χ1v) is 6.49. The van der Waals surface area contributed by atoms with Gasteiger partial charge in [0.1, 0.15) is 5.73 Å². The lowest BCUT2D eigenvalue weighted by molar-refractivity contribution is 0.00578. The van der Waals surface area contributed by atoms with Crippen molar-refractivity contribution < 1.29 is 13.7 Å². The fraction of sp³-hybridized carbons (Fsp3) is 0.400. The molecule has 1 heterocycles. The molecule has 0 atom stereocenters. The highest BCUT2D eigenvalue weighted by atomic mass is 19.1. The summed E-state index contributed by atoms with van der Waals surface area (Å²) in [5.41, 5.74) is -0.775. The second-order valence-electron chi connectivity index (χ2n) is 5.82. The van der Waals surface area contributed by atoms with E-state index in [2.05, 4.69) is 0 Å². The number of halogens is 1. The Kier molecular flexibility index (Phi) is 3.72. The smallest absolute Gasteiger partial charge is 0.398 e. The molecule has 1 fully saturated rings. The molecule has 104 valence electrons. The summed E-state index contributed by atoms with van der Waals surface area (Å²) in [6, 6.07) is 8.85. The minimum atomic E-state index is -1.04. The summed E-state index contributed by atoms with van der Waals surface area (Å²) in [5, 5.41) is 9.00. The maximum atomic E-state index is 14.3. The Labute approximate surface area is 119 Å². The Hall–Kier alpha value is -1.64. The maximum Gasteiger partial charge on any atom is 0.525 e. The van der Waals surface area contributed by atoms with Crippen LogP contribution in [0.15, 0.2) is 30.0 Å². The van der Waals surface area contributed by atoms with Crippen LogP contribution < -0.4 is 0 Å². The van der Waals surface area contributed by atoms with Gasteiger partial charge >= 0.3 is 7.12 Å². The molecular formula is C15H17BFNO2. The summed E-state index contributed by atoms with van der Waals surface area (Å²) < 4.78 is 25.5. The van der Waals surface area contributed by atoms with E-state index in [4.69, 9.17) is 14.6 Å². The zero-order valence-corrected chi connectivity index (χ0v) is 12.1. The third kappa shape index (κ3) is 2.62. The topological polar surface area (TPSA) is 42.2 Å². The fourth-order valence-electron chi connectivity index (χ4n) is 1.90. The molecule has 0 aromatic heterocycles. The van der Waals surface area contributed by atoms with Gasteiger partial charge in [-0.3, -0.25) is 0 Å². The van der Waals surface area contributed by atoms with Crippen molar-refractivity contribution >= 4 is 13.2 Å². The summed E-state index contributed by atoms with van der Waals surface area (Å²) in [6.07, 6.45) is 1.29. The molecule has 0 aliphatic carbocycles. The van der Waals surface area contributed by atoms with Crippen LogP contribution >= 0.6 is 0 Å². The van der Waals surface area contributed by atoms with Crippen LogP contribution in [0, 0.1) is 11.3 Å². The van der Waals surface area contributed by atoms with E-state index in [0.29, 0.717) is 11.1 Å². The average Bonchev–Trinajstić information content (AvgIpc) is 2.59. The summed E-state index contributed by atoms with van der Waals surface area (Å²) in [4.78, 5) is 0. The summed E-state index contributed by atoms with van der Waals surface area (Å²) >= 11 is 0. The van der Waals surface area contributed by atoms with Gasteiger partial charge in [0, 0.05) is 0 Å². The van der Waals surface area contributed by atoms with Crippen molar-refractivity contribution in [3.8, 4) is 6.07 Å². The molecule has 0 radical (unpaired) electrons. The molecule has 1 aromatic rings. The Morgan fingerprint density at radius 1 is 1.20 bits per heavy atom. The van der Waals surface area contributed by atoms with Crippen molar-refractivity contribution in [1.82, 2.24) is 0 Å². The van der Waals surface area contributed by atoms with Crippen LogP contribution in [0.1, 0.15) is 38.8 Å². The summed E-state index contributed by atoms with van der Waals surface area (Å²) in [5.74, 6) is 0. The molecule has 1 aliphatic rings. The van der Waals surface area contributed by atoms with E-state index in [1.165, 1.54) is 6.08 Å². The Bertz CT molecular complexity index is 574. The highest BCUT2D eigenvalue weighted by molar-refractivity contribution is 6.54. The largest absolute Gasteiger partial charge is 0.525 e. The third-order valence-electron chi connectivity index (χ3n) is 3.85. The van der Waals surface area contributed by atoms with Gasteiger partial charge in [-0.25, -0.2) is 4.39 Å². The van der Waals surface area contributed by atoms with E-state index in [0.717, 1.165) is 0 Å². The van der Waals surface area contributed by atoms with E-state index in [9.17, 15) is 4.39 Å². The van der Waals surface area contributed by atoms with Crippen molar-refractivity contribution in [2.45, 2.75) is 38.9 Å². The van der Waals surface area contributed by atoms with Gasteiger partial charge in [-0.05, 0) is 45.4 Å². The van der Waals surface area contributed by atoms with Crippen LogP contribution in [0.3, 0.4) is 0 Å². The van der Waals surface area contributed by atoms with Crippen molar-refractivity contribution in [3.63, 3.8) is 0 Å². The standard InChI is InChI=1S/C15H17BFNO2/c1-14(2)15(3,4)20-16(19-14)13(17)9-11-7-5-6-8-12(11)10-18/h5-9H,1-4H3. The quantitative estimate of drug-likeness (QED) is 0.774. The van der Waals surface area contributed by atoms with Crippen LogP contribution in [-0.2, 0) is 9.31 Å². The molecular weight excluding hydrogens is 256 g/mol. The first-order chi connectivity index (χ1) is 9.27. The van der Waals surface area contributed by atoms with Gasteiger partial charge in [0.05, 0.1) is 22.8 Å². The molecule has 1 aromatic carbocycles. The molecule has 0 unspecified atom stereocenters. The number of benzene rings is 1. The SMILES string of the molecule is CC1(C)OB(C(F)=Cc2ccccc2C#N)OC1(C)C. The van der Waals surface area contributed by atoms with Crippen LogP contribution in [0.25, 0.3) is 6.08 Å². The summed E-state index contributed by atoms with van der Waals surface area (Å²) in [7, 11) is -1.04. The minimum Gasteiger partial charge on any atom is -0.398 e. The molecule has 1 saturated heterocycles. The Morgan fingerprint density at radius 2 is 1.75 bits per heavy atom. The van der Waals surface area contributed by atoms with E-state index < -0.39 is 24.0 Å². The van der Waals surface area contributed by atoms with Gasteiger partial charge in [0.25, 0.3) is 0 Å². The molecule has 2 rings (SSSR count). The van der Waals surface area contributed by atoms with Crippen molar-refractivity contribution in [2.24, 2.45) is 0 Å². The Morgan fingerprint density at radius 3 is 2.30 bits per heavy atom. The highest BCUT2D eigenvalue weighted by Gasteiger charge is 2.53. The first-order valence-electron chi connectivity index (χ1n) is 6.49. The van der Waals surface area contributed by atoms with Gasteiger partial charge in [0.2, 0.25) is 0 Å². The minimum absolute atomic E-state index is 0.416. The van der Waals surface area contributed by atoms with E-state index in [1.54, 1.807) is 24.3 Å². The predicted octanol–water partition coefficient (Wildman–Crippen LogP) is 3.50. The van der Waals surface area contributed by atoms with E-state index >= 15 is 0 Å². The lowest BCUT2D eigenvalue weighted by atomic mass is 9.86. The number of hydrogen-bond acceptors (Lipinski definition) is 3. The van der Waals surface area contributed by atoms with Gasteiger partial charge in [-0.2, -0.15) is 5.26 Å². The number of nitriles is 1. The molecule has 1 aliphatic heterocycles. The van der Waals surface area contributed by atoms with Crippen LogP contribution in [0.2, 0.25) is 0 Å². The second-order valence-corrected chi connectivity index (χ2v) is 5.82.